The van der Waals surface area contributed by atoms with E-state index in [4.69, 9.17) is 0 Å². The minimum atomic E-state index is 0.734. The van der Waals surface area contributed by atoms with Crippen LogP contribution in [0.15, 0.2) is 18.2 Å². The summed E-state index contributed by atoms with van der Waals surface area (Å²) in [4.78, 5) is 5.11. The Bertz CT molecular complexity index is 458. The number of hydrogen-bond acceptors (Lipinski definition) is 3. The third-order valence-corrected chi connectivity index (χ3v) is 4.87. The molecule has 0 amide bonds. The molecule has 110 valence electrons. The van der Waals surface area contributed by atoms with Gasteiger partial charge in [0.2, 0.25) is 0 Å². The highest BCUT2D eigenvalue weighted by atomic mass is 15.2. The van der Waals surface area contributed by atoms with Crippen LogP contribution in [0.25, 0.3) is 0 Å². The molecule has 1 saturated heterocycles. The predicted octanol–water partition coefficient (Wildman–Crippen LogP) is 2.97. The van der Waals surface area contributed by atoms with Crippen LogP contribution in [0.5, 0.6) is 0 Å². The molecule has 1 fully saturated rings. The normalized spacial score (nSPS) is 22.4. The maximum absolute atomic E-state index is 3.53. The van der Waals surface area contributed by atoms with Gasteiger partial charge in [0.05, 0.1) is 0 Å². The van der Waals surface area contributed by atoms with E-state index < -0.39 is 0 Å². The molecule has 1 aromatic rings. The van der Waals surface area contributed by atoms with Gasteiger partial charge in [-0.2, -0.15) is 0 Å². The topological polar surface area (TPSA) is 18.5 Å². The quantitative estimate of drug-likeness (QED) is 0.910. The van der Waals surface area contributed by atoms with E-state index in [1.807, 2.05) is 0 Å². The molecule has 1 atom stereocenters. The summed E-state index contributed by atoms with van der Waals surface area (Å²) in [5.74, 6) is 0. The summed E-state index contributed by atoms with van der Waals surface area (Å²) in [6.45, 7) is 7.03. The van der Waals surface area contributed by atoms with Gasteiger partial charge in [-0.05, 0) is 56.5 Å². The molecule has 1 N–H and O–H groups in total. The second-order valence-electron chi connectivity index (χ2n) is 6.14. The Morgan fingerprint density at radius 2 is 2.25 bits per heavy atom. The highest BCUT2D eigenvalue weighted by Crippen LogP contribution is 2.31. The van der Waals surface area contributed by atoms with Crippen LogP contribution >= 0.6 is 0 Å². The van der Waals surface area contributed by atoms with E-state index >= 15 is 0 Å². The third-order valence-electron chi connectivity index (χ3n) is 4.87. The zero-order valence-corrected chi connectivity index (χ0v) is 12.9. The zero-order chi connectivity index (χ0) is 13.9. The number of likely N-dealkylation sites (N-methyl/N-ethyl adjacent to an activating group) is 2. The number of anilines is 2. The van der Waals surface area contributed by atoms with Crippen molar-refractivity contribution < 1.29 is 0 Å². The largest absolute Gasteiger partial charge is 0.385 e. The number of benzene rings is 1. The van der Waals surface area contributed by atoms with Crippen molar-refractivity contribution in [2.24, 2.45) is 0 Å². The molecular weight excluding hydrogens is 246 g/mol. The smallest absolute Gasteiger partial charge is 0.0417 e. The SMILES string of the molecule is CCN1CCCC1CN(C)c1cccc2c1CCCN2. The Balaban J connectivity index is 1.75. The van der Waals surface area contributed by atoms with E-state index in [1.54, 1.807) is 0 Å². The van der Waals surface area contributed by atoms with Crippen LogP contribution in [-0.4, -0.2) is 44.2 Å². The number of fused-ring (bicyclic) bond motifs is 1. The van der Waals surface area contributed by atoms with Crippen LogP contribution in [0.2, 0.25) is 0 Å². The van der Waals surface area contributed by atoms with Crippen molar-refractivity contribution in [2.45, 2.75) is 38.6 Å². The average Bonchev–Trinajstić information content (AvgIpc) is 2.93. The average molecular weight is 273 g/mol. The molecule has 0 spiro atoms. The predicted molar refractivity (Wildman–Crippen MR) is 86.8 cm³/mol. The molecule has 3 nitrogen and oxygen atoms in total. The van der Waals surface area contributed by atoms with Crippen LogP contribution < -0.4 is 10.2 Å². The van der Waals surface area contributed by atoms with Crippen molar-refractivity contribution in [3.8, 4) is 0 Å². The highest BCUT2D eigenvalue weighted by Gasteiger charge is 2.25. The zero-order valence-electron chi connectivity index (χ0n) is 12.9. The molecule has 2 aliphatic rings. The lowest BCUT2D eigenvalue weighted by molar-refractivity contribution is 0.270. The van der Waals surface area contributed by atoms with E-state index in [1.165, 1.54) is 55.7 Å². The summed E-state index contributed by atoms with van der Waals surface area (Å²) in [7, 11) is 2.26. The molecule has 0 saturated carbocycles. The lowest BCUT2D eigenvalue weighted by atomic mass is 10.0. The fourth-order valence-electron chi connectivity index (χ4n) is 3.78. The van der Waals surface area contributed by atoms with Crippen LogP contribution in [0.1, 0.15) is 31.7 Å². The summed E-state index contributed by atoms with van der Waals surface area (Å²) in [5.41, 5.74) is 4.29. The van der Waals surface area contributed by atoms with E-state index in [0.29, 0.717) is 0 Å². The first-order valence-corrected chi connectivity index (χ1v) is 8.10. The van der Waals surface area contributed by atoms with Crippen molar-refractivity contribution in [3.05, 3.63) is 23.8 Å². The van der Waals surface area contributed by atoms with Crippen LogP contribution in [-0.2, 0) is 6.42 Å². The molecular formula is C17H27N3. The molecule has 3 heteroatoms. The van der Waals surface area contributed by atoms with Crippen molar-refractivity contribution in [1.82, 2.24) is 4.90 Å². The summed E-state index contributed by atoms with van der Waals surface area (Å²) in [6.07, 6.45) is 5.18. The lowest BCUT2D eigenvalue weighted by Gasteiger charge is -2.32. The molecule has 3 rings (SSSR count). The van der Waals surface area contributed by atoms with Gasteiger partial charge in [0.15, 0.2) is 0 Å². The molecule has 1 aromatic carbocycles. The Morgan fingerprint density at radius 1 is 1.35 bits per heavy atom. The van der Waals surface area contributed by atoms with Crippen molar-refractivity contribution in [2.75, 3.05) is 43.4 Å². The molecule has 2 aliphatic heterocycles. The van der Waals surface area contributed by atoms with Gasteiger partial charge in [0, 0.05) is 37.6 Å². The van der Waals surface area contributed by atoms with Gasteiger partial charge in [-0.25, -0.2) is 0 Å². The monoisotopic (exact) mass is 273 g/mol. The van der Waals surface area contributed by atoms with E-state index in [2.05, 4.69) is 47.3 Å². The van der Waals surface area contributed by atoms with Crippen LogP contribution in [0.3, 0.4) is 0 Å². The molecule has 0 radical (unpaired) electrons. The van der Waals surface area contributed by atoms with Crippen molar-refractivity contribution >= 4 is 11.4 Å². The summed E-state index contributed by atoms with van der Waals surface area (Å²) < 4.78 is 0. The minimum Gasteiger partial charge on any atom is -0.385 e. The third kappa shape index (κ3) is 2.64. The van der Waals surface area contributed by atoms with Gasteiger partial charge in [0.1, 0.15) is 0 Å². The van der Waals surface area contributed by atoms with Gasteiger partial charge in [-0.3, -0.25) is 4.90 Å². The minimum absolute atomic E-state index is 0.734. The molecule has 0 bridgehead atoms. The standard InChI is InChI=1S/C17H27N3/c1-3-20-12-6-7-14(20)13-19(2)17-10-4-9-16-15(17)8-5-11-18-16/h4,9-10,14,18H,3,5-8,11-13H2,1-2H3. The Labute approximate surface area is 123 Å². The highest BCUT2D eigenvalue weighted by molar-refractivity contribution is 5.67. The number of nitrogens with zero attached hydrogens (tertiary/aromatic N) is 2. The first kappa shape index (κ1) is 13.7. The number of nitrogens with one attached hydrogen (secondary N) is 1. The van der Waals surface area contributed by atoms with Gasteiger partial charge in [0.25, 0.3) is 0 Å². The Morgan fingerprint density at radius 3 is 3.10 bits per heavy atom. The maximum atomic E-state index is 3.53. The lowest BCUT2D eigenvalue weighted by Crippen LogP contribution is -2.39. The molecule has 2 heterocycles. The summed E-state index contributed by atoms with van der Waals surface area (Å²) >= 11 is 0. The van der Waals surface area contributed by atoms with E-state index in [9.17, 15) is 0 Å². The fourth-order valence-corrected chi connectivity index (χ4v) is 3.78. The molecule has 1 unspecified atom stereocenters. The Hall–Kier alpha value is -1.22. The first-order chi connectivity index (χ1) is 9.79. The molecule has 20 heavy (non-hydrogen) atoms. The van der Waals surface area contributed by atoms with Gasteiger partial charge in [-0.15, -0.1) is 0 Å². The fraction of sp³-hybridized carbons (Fsp3) is 0.647. The maximum Gasteiger partial charge on any atom is 0.0417 e. The van der Waals surface area contributed by atoms with Gasteiger partial charge >= 0.3 is 0 Å². The second kappa shape index (κ2) is 6.04. The first-order valence-electron chi connectivity index (χ1n) is 8.10. The molecule has 0 aliphatic carbocycles. The van der Waals surface area contributed by atoms with Crippen molar-refractivity contribution in [1.29, 1.82) is 0 Å². The summed E-state index contributed by atoms with van der Waals surface area (Å²) in [5, 5.41) is 3.53. The van der Waals surface area contributed by atoms with E-state index in [0.717, 1.165) is 19.1 Å². The van der Waals surface area contributed by atoms with Gasteiger partial charge < -0.3 is 10.2 Å². The number of rotatable bonds is 4. The van der Waals surface area contributed by atoms with Gasteiger partial charge in [-0.1, -0.05) is 13.0 Å². The summed E-state index contributed by atoms with van der Waals surface area (Å²) in [6, 6.07) is 7.43. The molecule has 0 aromatic heterocycles. The van der Waals surface area contributed by atoms with E-state index in [-0.39, 0.29) is 0 Å². The van der Waals surface area contributed by atoms with Crippen molar-refractivity contribution in [3.63, 3.8) is 0 Å². The Kier molecular flexibility index (Phi) is 4.16. The second-order valence-corrected chi connectivity index (χ2v) is 6.14. The number of likely N-dealkylation sites (tertiary alicyclic amines) is 1. The van der Waals surface area contributed by atoms with Crippen LogP contribution in [0, 0.1) is 0 Å². The number of hydrogen-bond donors (Lipinski definition) is 1. The van der Waals surface area contributed by atoms with Crippen LogP contribution in [0.4, 0.5) is 11.4 Å².